The van der Waals surface area contributed by atoms with E-state index in [1.54, 1.807) is 25.1 Å². The molecule has 0 atom stereocenters. The first-order chi connectivity index (χ1) is 14.7. The van der Waals surface area contributed by atoms with E-state index in [4.69, 9.17) is 21.7 Å². The van der Waals surface area contributed by atoms with E-state index >= 15 is 0 Å². The molecule has 1 saturated heterocycles. The Morgan fingerprint density at radius 3 is 2.39 bits per heavy atom. The largest absolute Gasteiger partial charge is 0.493 e. The minimum atomic E-state index is -0.759. The van der Waals surface area contributed by atoms with E-state index in [9.17, 15) is 19.7 Å². The SMILES string of the molecule is COc1cc(/C=C2\C(=O)NC(=S)N(c3ccc(Br)cc3C)C2=O)c([N+](=O)[O-])cc1OC. The Labute approximate surface area is 190 Å². The number of aryl methyl sites for hydroxylation is 1. The van der Waals surface area contributed by atoms with Gasteiger partial charge in [0.1, 0.15) is 5.57 Å². The summed E-state index contributed by atoms with van der Waals surface area (Å²) in [7, 11) is 2.72. The molecule has 0 saturated carbocycles. The molecule has 11 heteroatoms. The van der Waals surface area contributed by atoms with Crippen molar-refractivity contribution in [1.29, 1.82) is 0 Å². The van der Waals surface area contributed by atoms with Crippen LogP contribution in [0.1, 0.15) is 11.1 Å². The Morgan fingerprint density at radius 2 is 1.81 bits per heavy atom. The Bertz CT molecular complexity index is 1160. The molecule has 1 fully saturated rings. The van der Waals surface area contributed by atoms with Crippen LogP contribution in [0.15, 0.2) is 40.4 Å². The molecule has 1 heterocycles. The molecule has 2 aromatic rings. The maximum Gasteiger partial charge on any atom is 0.280 e. The number of hydrogen-bond donors (Lipinski definition) is 1. The van der Waals surface area contributed by atoms with Crippen LogP contribution in [-0.2, 0) is 9.59 Å². The van der Waals surface area contributed by atoms with Gasteiger partial charge in [-0.1, -0.05) is 15.9 Å². The summed E-state index contributed by atoms with van der Waals surface area (Å²) < 4.78 is 11.1. The van der Waals surface area contributed by atoms with E-state index in [1.807, 2.05) is 0 Å². The number of benzene rings is 2. The molecule has 2 aromatic carbocycles. The second-order valence-electron chi connectivity index (χ2n) is 6.41. The number of methoxy groups -OCH3 is 2. The van der Waals surface area contributed by atoms with Crippen molar-refractivity contribution in [2.45, 2.75) is 6.92 Å². The Hall–Kier alpha value is -3.31. The fourth-order valence-corrected chi connectivity index (χ4v) is 3.81. The Balaban J connectivity index is 2.15. The van der Waals surface area contributed by atoms with Gasteiger partial charge in [-0.15, -0.1) is 0 Å². The molecule has 1 N–H and O–H groups in total. The average Bonchev–Trinajstić information content (AvgIpc) is 2.71. The summed E-state index contributed by atoms with van der Waals surface area (Å²) >= 11 is 8.56. The molecule has 1 aliphatic heterocycles. The zero-order chi connectivity index (χ0) is 22.9. The number of carbonyl (C=O) groups excluding carboxylic acids is 2. The zero-order valence-electron chi connectivity index (χ0n) is 16.6. The van der Waals surface area contributed by atoms with Gasteiger partial charge in [0.2, 0.25) is 0 Å². The highest BCUT2D eigenvalue weighted by atomic mass is 79.9. The maximum atomic E-state index is 13.2. The smallest absolute Gasteiger partial charge is 0.280 e. The second-order valence-corrected chi connectivity index (χ2v) is 7.71. The van der Waals surface area contributed by atoms with Gasteiger partial charge in [-0.05, 0) is 55.0 Å². The van der Waals surface area contributed by atoms with Crippen molar-refractivity contribution < 1.29 is 24.0 Å². The lowest BCUT2D eigenvalue weighted by Gasteiger charge is -2.30. The molecule has 9 nitrogen and oxygen atoms in total. The number of nitro groups is 1. The number of nitro benzene ring substituents is 1. The van der Waals surface area contributed by atoms with Gasteiger partial charge < -0.3 is 9.47 Å². The van der Waals surface area contributed by atoms with Crippen molar-refractivity contribution in [2.75, 3.05) is 19.1 Å². The second kappa shape index (κ2) is 8.82. The number of carbonyl (C=O) groups is 2. The van der Waals surface area contributed by atoms with Crippen molar-refractivity contribution in [3.8, 4) is 11.5 Å². The number of thiocarbonyl (C=S) groups is 1. The number of nitrogens with zero attached hydrogens (tertiary/aromatic N) is 2. The van der Waals surface area contributed by atoms with E-state index in [-0.39, 0.29) is 33.4 Å². The van der Waals surface area contributed by atoms with Gasteiger partial charge in [-0.25, -0.2) is 0 Å². The van der Waals surface area contributed by atoms with E-state index in [0.717, 1.165) is 22.2 Å². The summed E-state index contributed by atoms with van der Waals surface area (Å²) in [5.74, 6) is -1.11. The quantitative estimate of drug-likeness (QED) is 0.217. The molecule has 1 aliphatic rings. The van der Waals surface area contributed by atoms with Gasteiger partial charge in [0.15, 0.2) is 16.6 Å². The van der Waals surface area contributed by atoms with Crippen LogP contribution >= 0.6 is 28.1 Å². The molecular weight excluding hydrogens is 490 g/mol. The predicted octanol–water partition coefficient (Wildman–Crippen LogP) is 3.51. The number of halogens is 1. The van der Waals surface area contributed by atoms with Crippen LogP contribution in [0.4, 0.5) is 11.4 Å². The Kier molecular flexibility index (Phi) is 6.37. The van der Waals surface area contributed by atoms with Crippen LogP contribution in [0.2, 0.25) is 0 Å². The van der Waals surface area contributed by atoms with Gasteiger partial charge in [0, 0.05) is 4.47 Å². The summed E-state index contributed by atoms with van der Waals surface area (Å²) in [6, 6.07) is 7.70. The third kappa shape index (κ3) is 4.28. The minimum Gasteiger partial charge on any atom is -0.493 e. The molecule has 0 bridgehead atoms. The fraction of sp³-hybridized carbons (Fsp3) is 0.150. The predicted molar refractivity (Wildman–Crippen MR) is 121 cm³/mol. The zero-order valence-corrected chi connectivity index (χ0v) is 19.0. The first-order valence-electron chi connectivity index (χ1n) is 8.76. The van der Waals surface area contributed by atoms with Crippen LogP contribution in [-0.4, -0.2) is 36.1 Å². The molecule has 2 amide bonds. The first kappa shape index (κ1) is 22.4. The molecule has 0 aromatic heterocycles. The van der Waals surface area contributed by atoms with Crippen molar-refractivity contribution in [1.82, 2.24) is 5.32 Å². The van der Waals surface area contributed by atoms with Gasteiger partial charge in [0.25, 0.3) is 17.5 Å². The van der Waals surface area contributed by atoms with Gasteiger partial charge in [0.05, 0.1) is 36.5 Å². The van der Waals surface area contributed by atoms with Gasteiger partial charge in [-0.2, -0.15) is 0 Å². The van der Waals surface area contributed by atoms with Crippen LogP contribution < -0.4 is 19.7 Å². The first-order valence-corrected chi connectivity index (χ1v) is 9.96. The van der Waals surface area contributed by atoms with E-state index in [2.05, 4.69) is 21.2 Å². The fourth-order valence-electron chi connectivity index (χ4n) is 3.06. The highest BCUT2D eigenvalue weighted by Gasteiger charge is 2.36. The third-order valence-corrected chi connectivity index (χ3v) is 5.31. The average molecular weight is 506 g/mol. The van der Waals surface area contributed by atoms with E-state index < -0.39 is 16.7 Å². The molecular formula is C20H16BrN3O6S. The lowest BCUT2D eigenvalue weighted by Crippen LogP contribution is -2.54. The molecule has 31 heavy (non-hydrogen) atoms. The van der Waals surface area contributed by atoms with Gasteiger partial charge in [-0.3, -0.25) is 29.9 Å². The summed E-state index contributed by atoms with van der Waals surface area (Å²) in [6.45, 7) is 1.79. The normalized spacial score (nSPS) is 15.2. The lowest BCUT2D eigenvalue weighted by atomic mass is 10.0. The van der Waals surface area contributed by atoms with Crippen molar-refractivity contribution in [3.05, 3.63) is 61.6 Å². The molecule has 3 rings (SSSR count). The van der Waals surface area contributed by atoms with E-state index in [0.29, 0.717) is 5.69 Å². The molecule has 0 aliphatic carbocycles. The minimum absolute atomic E-state index is 0.00134. The van der Waals surface area contributed by atoms with Gasteiger partial charge >= 0.3 is 0 Å². The topological polar surface area (TPSA) is 111 Å². The van der Waals surface area contributed by atoms with Crippen LogP contribution in [0.25, 0.3) is 6.08 Å². The molecule has 0 spiro atoms. The van der Waals surface area contributed by atoms with Crippen LogP contribution in [0.3, 0.4) is 0 Å². The summed E-state index contributed by atoms with van der Waals surface area (Å²) in [5, 5.41) is 13.9. The number of nitrogens with one attached hydrogen (secondary N) is 1. The van der Waals surface area contributed by atoms with E-state index in [1.165, 1.54) is 25.2 Å². The number of rotatable bonds is 5. The highest BCUT2D eigenvalue weighted by Crippen LogP contribution is 2.36. The Morgan fingerprint density at radius 1 is 1.16 bits per heavy atom. The summed E-state index contributed by atoms with van der Waals surface area (Å²) in [5.41, 5.74) is 0.543. The molecule has 160 valence electrons. The molecule has 0 radical (unpaired) electrons. The number of hydrogen-bond acceptors (Lipinski definition) is 7. The van der Waals surface area contributed by atoms with Crippen LogP contribution in [0.5, 0.6) is 11.5 Å². The third-order valence-electron chi connectivity index (χ3n) is 4.53. The lowest BCUT2D eigenvalue weighted by molar-refractivity contribution is -0.385. The van der Waals surface area contributed by atoms with Crippen LogP contribution in [0, 0.1) is 17.0 Å². The number of ether oxygens (including phenoxy) is 2. The maximum absolute atomic E-state index is 13.2. The molecule has 0 unspecified atom stereocenters. The summed E-state index contributed by atoms with van der Waals surface area (Å²) in [4.78, 5) is 37.9. The summed E-state index contributed by atoms with van der Waals surface area (Å²) in [6.07, 6.45) is 1.14. The number of amides is 2. The number of anilines is 1. The van der Waals surface area contributed by atoms with Crippen molar-refractivity contribution in [2.24, 2.45) is 0 Å². The van der Waals surface area contributed by atoms with Crippen molar-refractivity contribution in [3.63, 3.8) is 0 Å². The standard InChI is InChI=1S/C20H16BrN3O6S/c1-10-6-12(21)4-5-14(10)23-19(26)13(18(25)22-20(23)31)7-11-8-16(29-2)17(30-3)9-15(11)24(27)28/h4-9H,1-3H3,(H,22,25,31)/b13-7+. The van der Waals surface area contributed by atoms with Crippen molar-refractivity contribution >= 4 is 62.5 Å². The monoisotopic (exact) mass is 505 g/mol. The highest BCUT2D eigenvalue weighted by molar-refractivity contribution is 9.10.